The Balaban J connectivity index is 1.47. The van der Waals surface area contributed by atoms with Gasteiger partial charge in [0.1, 0.15) is 6.10 Å². The van der Waals surface area contributed by atoms with E-state index >= 15 is 0 Å². The largest absolute Gasteiger partial charge is 0.493 e. The minimum Gasteiger partial charge on any atom is -0.493 e. The van der Waals surface area contributed by atoms with E-state index < -0.39 is 0 Å². The molecule has 2 fully saturated rings. The smallest absolute Gasteiger partial charge is 0.256 e. The van der Waals surface area contributed by atoms with Crippen LogP contribution in [-0.4, -0.2) is 19.1 Å². The molecule has 2 aromatic rings. The molecule has 2 aromatic carbocycles. The summed E-state index contributed by atoms with van der Waals surface area (Å²) >= 11 is 6.13. The van der Waals surface area contributed by atoms with Crippen molar-refractivity contribution in [1.82, 2.24) is 0 Å². The van der Waals surface area contributed by atoms with Gasteiger partial charge in [-0.15, -0.1) is 0 Å². The number of anilines is 1. The van der Waals surface area contributed by atoms with Gasteiger partial charge in [-0.1, -0.05) is 17.7 Å². The van der Waals surface area contributed by atoms with Crippen molar-refractivity contribution in [2.75, 3.05) is 12.4 Å². The Morgan fingerprint density at radius 1 is 1.11 bits per heavy atom. The maximum Gasteiger partial charge on any atom is 0.256 e. The van der Waals surface area contributed by atoms with Gasteiger partial charge in [0.15, 0.2) is 11.5 Å². The molecule has 0 unspecified atom stereocenters. The summed E-state index contributed by atoms with van der Waals surface area (Å²) in [7, 11) is 1.66. The van der Waals surface area contributed by atoms with Crippen molar-refractivity contribution in [1.29, 1.82) is 0 Å². The molecular weight excluding hydrogens is 374 g/mol. The monoisotopic (exact) mass is 395 g/mol. The van der Waals surface area contributed by atoms with Crippen LogP contribution in [0, 0.1) is 11.8 Å². The molecule has 0 saturated heterocycles. The second-order valence-electron chi connectivity index (χ2n) is 7.94. The lowest BCUT2D eigenvalue weighted by Gasteiger charge is -2.24. The minimum absolute atomic E-state index is 0.122. The van der Waals surface area contributed by atoms with E-state index in [1.54, 1.807) is 13.2 Å². The van der Waals surface area contributed by atoms with Gasteiger partial charge in [-0.3, -0.25) is 4.79 Å². The van der Waals surface area contributed by atoms with Crippen molar-refractivity contribution >= 4 is 34.8 Å². The molecule has 1 aliphatic heterocycles. The topological polar surface area (TPSA) is 47.6 Å². The third kappa shape index (κ3) is 3.06. The van der Waals surface area contributed by atoms with E-state index in [1.165, 1.54) is 19.3 Å². The highest BCUT2D eigenvalue weighted by atomic mass is 35.5. The summed E-state index contributed by atoms with van der Waals surface area (Å²) in [5.74, 6) is 2.83. The zero-order chi connectivity index (χ0) is 19.3. The molecule has 2 bridgehead atoms. The van der Waals surface area contributed by atoms with Gasteiger partial charge in [0.05, 0.1) is 7.11 Å². The van der Waals surface area contributed by atoms with E-state index in [2.05, 4.69) is 5.32 Å². The Morgan fingerprint density at radius 3 is 2.75 bits per heavy atom. The molecule has 1 heterocycles. The summed E-state index contributed by atoms with van der Waals surface area (Å²) in [6.45, 7) is 0. The molecule has 28 heavy (non-hydrogen) atoms. The first-order valence-corrected chi connectivity index (χ1v) is 10.2. The van der Waals surface area contributed by atoms with Crippen LogP contribution in [-0.2, 0) is 4.79 Å². The van der Waals surface area contributed by atoms with E-state index in [0.29, 0.717) is 16.5 Å². The van der Waals surface area contributed by atoms with Crippen LogP contribution in [0.15, 0.2) is 36.4 Å². The summed E-state index contributed by atoms with van der Waals surface area (Å²) in [5.41, 5.74) is 3.11. The summed E-state index contributed by atoms with van der Waals surface area (Å²) in [5, 5.41) is 3.49. The molecule has 1 amide bonds. The SMILES string of the molecule is COc1ccc(/C=C2/C(=O)Nc3ccc(Cl)cc32)cc1O[C@H]1C[C@@H]2CC[C@H]1C2. The molecule has 5 heteroatoms. The van der Waals surface area contributed by atoms with E-state index in [1.807, 2.05) is 36.4 Å². The van der Waals surface area contributed by atoms with Gasteiger partial charge >= 0.3 is 0 Å². The highest BCUT2D eigenvalue weighted by Gasteiger charge is 2.41. The first kappa shape index (κ1) is 17.6. The summed E-state index contributed by atoms with van der Waals surface area (Å²) < 4.78 is 11.9. The zero-order valence-corrected chi connectivity index (χ0v) is 16.5. The van der Waals surface area contributed by atoms with Gasteiger partial charge in [0, 0.05) is 21.8 Å². The number of ether oxygens (including phenoxy) is 2. The van der Waals surface area contributed by atoms with Crippen LogP contribution >= 0.6 is 11.6 Å². The molecule has 2 aliphatic carbocycles. The lowest BCUT2D eigenvalue weighted by atomic mass is 9.97. The van der Waals surface area contributed by atoms with Crippen LogP contribution in [0.3, 0.4) is 0 Å². The second kappa shape index (κ2) is 6.85. The van der Waals surface area contributed by atoms with Gasteiger partial charge in [0.2, 0.25) is 0 Å². The third-order valence-corrected chi connectivity index (χ3v) is 6.45. The standard InChI is InChI=1S/C23H22ClNO3/c1-27-20-7-3-14(11-22(20)28-21-10-13-2-4-15(21)8-13)9-18-17-12-16(24)5-6-19(17)25-23(18)26/h3,5-7,9,11-13,15,21H,2,4,8,10H2,1H3,(H,25,26)/b18-9+/t13-,15+,21+/m1/s1. The minimum atomic E-state index is -0.122. The maximum atomic E-state index is 12.4. The number of amides is 1. The van der Waals surface area contributed by atoms with Crippen molar-refractivity contribution in [3.63, 3.8) is 0 Å². The Bertz CT molecular complexity index is 984. The number of halogens is 1. The van der Waals surface area contributed by atoms with Crippen molar-refractivity contribution in [2.45, 2.75) is 31.8 Å². The fourth-order valence-electron chi connectivity index (χ4n) is 4.84. The molecule has 3 aliphatic rings. The number of carbonyl (C=O) groups excluding carboxylic acids is 1. The van der Waals surface area contributed by atoms with Crippen molar-refractivity contribution in [3.8, 4) is 11.5 Å². The van der Waals surface area contributed by atoms with E-state index in [4.69, 9.17) is 21.1 Å². The van der Waals surface area contributed by atoms with Crippen LogP contribution < -0.4 is 14.8 Å². The van der Waals surface area contributed by atoms with Gasteiger partial charge in [-0.2, -0.15) is 0 Å². The molecule has 4 nitrogen and oxygen atoms in total. The number of rotatable bonds is 4. The Labute approximate surface area is 169 Å². The van der Waals surface area contributed by atoms with Crippen LogP contribution in [0.2, 0.25) is 5.02 Å². The highest BCUT2D eigenvalue weighted by Crippen LogP contribution is 2.47. The number of fused-ring (bicyclic) bond motifs is 3. The molecule has 1 N–H and O–H groups in total. The highest BCUT2D eigenvalue weighted by molar-refractivity contribution is 6.36. The average molecular weight is 396 g/mol. The normalized spacial score (nSPS) is 26.4. The lowest BCUT2D eigenvalue weighted by molar-refractivity contribution is -0.110. The number of hydrogen-bond donors (Lipinski definition) is 1. The number of nitrogens with one attached hydrogen (secondary N) is 1. The van der Waals surface area contributed by atoms with Gasteiger partial charge < -0.3 is 14.8 Å². The summed E-state index contributed by atoms with van der Waals surface area (Å²) in [6.07, 6.45) is 7.17. The molecule has 144 valence electrons. The Kier molecular flexibility index (Phi) is 4.31. The van der Waals surface area contributed by atoms with Crippen molar-refractivity contribution < 1.29 is 14.3 Å². The van der Waals surface area contributed by atoms with Crippen molar-refractivity contribution in [2.24, 2.45) is 11.8 Å². The quantitative estimate of drug-likeness (QED) is 0.704. The predicted molar refractivity (Wildman–Crippen MR) is 111 cm³/mol. The molecule has 0 spiro atoms. The second-order valence-corrected chi connectivity index (χ2v) is 8.38. The predicted octanol–water partition coefficient (Wildman–Crippen LogP) is 5.41. The fourth-order valence-corrected chi connectivity index (χ4v) is 5.01. The molecule has 0 radical (unpaired) electrons. The fraction of sp³-hybridized carbons (Fsp3) is 0.348. The van der Waals surface area contributed by atoms with Gasteiger partial charge in [0.25, 0.3) is 5.91 Å². The number of carbonyl (C=O) groups is 1. The molecule has 5 rings (SSSR count). The Morgan fingerprint density at radius 2 is 2.00 bits per heavy atom. The van der Waals surface area contributed by atoms with Crippen LogP contribution in [0.4, 0.5) is 5.69 Å². The average Bonchev–Trinajstić information content (AvgIpc) is 3.38. The van der Waals surface area contributed by atoms with Crippen LogP contribution in [0.25, 0.3) is 11.6 Å². The number of methoxy groups -OCH3 is 1. The number of hydrogen-bond acceptors (Lipinski definition) is 3. The van der Waals surface area contributed by atoms with Crippen molar-refractivity contribution in [3.05, 3.63) is 52.5 Å². The van der Waals surface area contributed by atoms with E-state index in [-0.39, 0.29) is 12.0 Å². The van der Waals surface area contributed by atoms with Crippen LogP contribution in [0.1, 0.15) is 36.8 Å². The number of benzene rings is 2. The van der Waals surface area contributed by atoms with E-state index in [0.717, 1.165) is 40.7 Å². The van der Waals surface area contributed by atoms with Gasteiger partial charge in [-0.25, -0.2) is 0 Å². The van der Waals surface area contributed by atoms with Gasteiger partial charge in [-0.05, 0) is 79.5 Å². The first-order valence-electron chi connectivity index (χ1n) is 9.78. The zero-order valence-electron chi connectivity index (χ0n) is 15.7. The van der Waals surface area contributed by atoms with E-state index in [9.17, 15) is 4.79 Å². The van der Waals surface area contributed by atoms with Crippen LogP contribution in [0.5, 0.6) is 11.5 Å². The molecule has 3 atom stereocenters. The summed E-state index contributed by atoms with van der Waals surface area (Å²) in [6, 6.07) is 11.2. The third-order valence-electron chi connectivity index (χ3n) is 6.21. The first-order chi connectivity index (χ1) is 13.6. The molecular formula is C23H22ClNO3. The summed E-state index contributed by atoms with van der Waals surface area (Å²) in [4.78, 5) is 12.4. The molecule has 0 aromatic heterocycles. The molecule has 2 saturated carbocycles. The lowest BCUT2D eigenvalue weighted by Crippen LogP contribution is -2.23. The Hall–Kier alpha value is -2.46. The maximum absolute atomic E-state index is 12.4.